The van der Waals surface area contributed by atoms with Crippen LogP contribution < -0.4 is 0 Å². The number of carbonyl (C=O) groups excluding carboxylic acids is 1. The Balaban J connectivity index is 2.80. The van der Waals surface area contributed by atoms with E-state index in [1.165, 1.54) is 13.8 Å². The molecule has 1 N–H and O–H groups in total. The number of aliphatic hydroxyl groups is 1. The summed E-state index contributed by atoms with van der Waals surface area (Å²) in [6.45, 7) is 5.52. The molecule has 1 aliphatic heterocycles. The minimum atomic E-state index is -3.43. The number of hydrogen-bond donors (Lipinski definition) is 1. The topological polar surface area (TPSA) is 74.7 Å². The van der Waals surface area contributed by atoms with Crippen LogP contribution in [-0.2, 0) is 14.6 Å². The van der Waals surface area contributed by atoms with Gasteiger partial charge in [0.25, 0.3) is 0 Å². The van der Waals surface area contributed by atoms with Crippen molar-refractivity contribution < 1.29 is 18.3 Å². The summed E-state index contributed by atoms with van der Waals surface area (Å²) in [7, 11) is -3.43. The van der Waals surface area contributed by atoms with Gasteiger partial charge in [-0.2, -0.15) is 0 Å². The molecule has 2 atom stereocenters. The second-order valence-corrected chi connectivity index (χ2v) is 7.89. The minimum absolute atomic E-state index is 0.0503. The van der Waals surface area contributed by atoms with E-state index in [0.717, 1.165) is 12.7 Å². The smallest absolute Gasteiger partial charge is 0.243 e. The Bertz CT molecular complexity index is 400. The van der Waals surface area contributed by atoms with E-state index in [1.807, 2.05) is 0 Å². The molecule has 0 aromatic rings. The van der Waals surface area contributed by atoms with Crippen molar-refractivity contribution >= 4 is 15.7 Å². The maximum Gasteiger partial charge on any atom is 0.243 e. The Morgan fingerprint density at radius 1 is 1.47 bits per heavy atom. The molecule has 6 heteroatoms. The lowest BCUT2D eigenvalue weighted by molar-refractivity contribution is -0.132. The maximum atomic E-state index is 12.1. The van der Waals surface area contributed by atoms with Crippen LogP contribution in [0.25, 0.3) is 0 Å². The van der Waals surface area contributed by atoms with Gasteiger partial charge in [0.1, 0.15) is 4.75 Å². The summed E-state index contributed by atoms with van der Waals surface area (Å²) in [4.78, 5) is 13.7. The summed E-state index contributed by atoms with van der Waals surface area (Å²) in [5.74, 6) is -0.322. The van der Waals surface area contributed by atoms with Crippen molar-refractivity contribution in [2.45, 2.75) is 38.0 Å². The average Bonchev–Trinajstić information content (AvgIpc) is 2.63. The first-order valence-corrected chi connectivity index (χ1v) is 7.63. The Morgan fingerprint density at radius 2 is 2.00 bits per heavy atom. The number of hydrogen-bond acceptors (Lipinski definition) is 4. The van der Waals surface area contributed by atoms with Crippen LogP contribution >= 0.6 is 0 Å². The average molecular weight is 263 g/mol. The molecule has 1 aliphatic rings. The van der Waals surface area contributed by atoms with Gasteiger partial charge in [-0.1, -0.05) is 0 Å². The summed E-state index contributed by atoms with van der Waals surface area (Å²) in [5, 5.41) is 9.46. The second-order valence-electron chi connectivity index (χ2n) is 5.32. The molecular formula is C11H21NO4S. The van der Waals surface area contributed by atoms with E-state index in [0.29, 0.717) is 13.1 Å². The lowest BCUT2D eigenvalue weighted by Crippen LogP contribution is -2.49. The Labute approximate surface area is 103 Å². The van der Waals surface area contributed by atoms with Crippen molar-refractivity contribution in [3.8, 4) is 0 Å². The highest BCUT2D eigenvalue weighted by atomic mass is 32.2. The number of likely N-dealkylation sites (tertiary alicyclic amines) is 1. The van der Waals surface area contributed by atoms with Gasteiger partial charge in [-0.3, -0.25) is 4.79 Å². The van der Waals surface area contributed by atoms with Gasteiger partial charge in [-0.25, -0.2) is 8.42 Å². The molecule has 1 rings (SSSR count). The van der Waals surface area contributed by atoms with Crippen molar-refractivity contribution in [1.29, 1.82) is 0 Å². The predicted octanol–water partition coefficient (Wildman–Crippen LogP) is 0.0389. The molecule has 1 heterocycles. The van der Waals surface area contributed by atoms with Gasteiger partial charge < -0.3 is 10.0 Å². The van der Waals surface area contributed by atoms with E-state index in [2.05, 4.69) is 0 Å². The third kappa shape index (κ3) is 2.80. The molecule has 2 unspecified atom stereocenters. The van der Waals surface area contributed by atoms with Crippen LogP contribution in [0.3, 0.4) is 0 Å². The highest BCUT2D eigenvalue weighted by Gasteiger charge is 2.43. The van der Waals surface area contributed by atoms with Gasteiger partial charge in [-0.05, 0) is 27.2 Å². The molecule has 5 nitrogen and oxygen atoms in total. The molecule has 17 heavy (non-hydrogen) atoms. The SMILES string of the molecule is CC(O)C1CCN(C(=O)C(C)(C)S(C)(=O)=O)C1. The molecule has 1 amide bonds. The van der Waals surface area contributed by atoms with E-state index in [1.54, 1.807) is 11.8 Å². The van der Waals surface area contributed by atoms with Crippen LogP contribution in [0.2, 0.25) is 0 Å². The molecular weight excluding hydrogens is 242 g/mol. The van der Waals surface area contributed by atoms with Crippen molar-refractivity contribution in [1.82, 2.24) is 4.90 Å². The van der Waals surface area contributed by atoms with E-state index < -0.39 is 20.7 Å². The maximum absolute atomic E-state index is 12.1. The molecule has 1 fully saturated rings. The molecule has 0 aromatic carbocycles. The zero-order chi connectivity index (χ0) is 13.4. The fraction of sp³-hybridized carbons (Fsp3) is 0.909. The number of amides is 1. The first-order valence-electron chi connectivity index (χ1n) is 5.74. The summed E-state index contributed by atoms with van der Waals surface area (Å²) in [5.41, 5.74) is 0. The second kappa shape index (κ2) is 4.57. The normalized spacial score (nSPS) is 23.8. The third-order valence-corrected chi connectivity index (χ3v) is 5.66. The minimum Gasteiger partial charge on any atom is -0.393 e. The number of sulfone groups is 1. The predicted molar refractivity (Wildman–Crippen MR) is 65.3 cm³/mol. The van der Waals surface area contributed by atoms with Gasteiger partial charge in [-0.15, -0.1) is 0 Å². The molecule has 0 bridgehead atoms. The first kappa shape index (κ1) is 14.4. The number of carbonyl (C=O) groups is 1. The molecule has 0 spiro atoms. The zero-order valence-electron chi connectivity index (χ0n) is 10.8. The number of aliphatic hydroxyl groups excluding tert-OH is 1. The highest BCUT2D eigenvalue weighted by molar-refractivity contribution is 7.92. The quantitative estimate of drug-likeness (QED) is 0.780. The molecule has 0 radical (unpaired) electrons. The van der Waals surface area contributed by atoms with Crippen LogP contribution in [0.5, 0.6) is 0 Å². The Hall–Kier alpha value is -0.620. The van der Waals surface area contributed by atoms with Gasteiger partial charge >= 0.3 is 0 Å². The van der Waals surface area contributed by atoms with Crippen molar-refractivity contribution in [3.05, 3.63) is 0 Å². The third-order valence-electron chi connectivity index (χ3n) is 3.64. The lowest BCUT2D eigenvalue weighted by atomic mass is 10.0. The Morgan fingerprint density at radius 3 is 2.35 bits per heavy atom. The van der Waals surface area contributed by atoms with Crippen LogP contribution in [0.1, 0.15) is 27.2 Å². The molecule has 0 aromatic heterocycles. The van der Waals surface area contributed by atoms with Gasteiger partial charge in [0.05, 0.1) is 6.10 Å². The Kier molecular flexibility index (Phi) is 3.88. The monoisotopic (exact) mass is 263 g/mol. The lowest BCUT2D eigenvalue weighted by Gasteiger charge is -2.28. The van der Waals surface area contributed by atoms with Crippen LogP contribution in [0.15, 0.2) is 0 Å². The van der Waals surface area contributed by atoms with Crippen molar-refractivity contribution in [3.63, 3.8) is 0 Å². The molecule has 0 saturated carbocycles. The van der Waals surface area contributed by atoms with Crippen molar-refractivity contribution in [2.75, 3.05) is 19.3 Å². The zero-order valence-corrected chi connectivity index (χ0v) is 11.6. The number of nitrogens with zero attached hydrogens (tertiary/aromatic N) is 1. The summed E-state index contributed by atoms with van der Waals surface area (Å²) in [6.07, 6.45) is 1.34. The van der Waals surface area contributed by atoms with E-state index in [9.17, 15) is 18.3 Å². The van der Waals surface area contributed by atoms with Gasteiger partial charge in [0.2, 0.25) is 5.91 Å². The highest BCUT2D eigenvalue weighted by Crippen LogP contribution is 2.25. The fourth-order valence-electron chi connectivity index (χ4n) is 1.90. The van der Waals surface area contributed by atoms with E-state index in [-0.39, 0.29) is 11.8 Å². The van der Waals surface area contributed by atoms with Gasteiger partial charge in [0, 0.05) is 25.3 Å². The fourth-order valence-corrected chi connectivity index (χ4v) is 2.35. The van der Waals surface area contributed by atoms with Crippen LogP contribution in [0, 0.1) is 5.92 Å². The summed E-state index contributed by atoms with van der Waals surface area (Å²) < 4.78 is 21.8. The molecule has 0 aliphatic carbocycles. The van der Waals surface area contributed by atoms with E-state index in [4.69, 9.17) is 0 Å². The van der Waals surface area contributed by atoms with Gasteiger partial charge in [0.15, 0.2) is 9.84 Å². The van der Waals surface area contributed by atoms with Crippen LogP contribution in [0.4, 0.5) is 0 Å². The molecule has 100 valence electrons. The van der Waals surface area contributed by atoms with Crippen molar-refractivity contribution in [2.24, 2.45) is 5.92 Å². The van der Waals surface area contributed by atoms with E-state index >= 15 is 0 Å². The summed E-state index contributed by atoms with van der Waals surface area (Å²) >= 11 is 0. The number of rotatable bonds is 3. The molecule has 1 saturated heterocycles. The first-order chi connectivity index (χ1) is 7.57. The largest absolute Gasteiger partial charge is 0.393 e. The van der Waals surface area contributed by atoms with Crippen LogP contribution in [-0.4, -0.2) is 54.5 Å². The standard InChI is InChI=1S/C11H21NO4S/c1-8(13)9-5-6-12(7-9)10(14)11(2,3)17(4,15)16/h8-9,13H,5-7H2,1-4H3. The summed E-state index contributed by atoms with van der Waals surface area (Å²) in [6, 6.07) is 0.